The van der Waals surface area contributed by atoms with Crippen molar-refractivity contribution < 1.29 is 23.8 Å². The van der Waals surface area contributed by atoms with Crippen LogP contribution < -0.4 is 0 Å². The van der Waals surface area contributed by atoms with Crippen molar-refractivity contribution in [2.45, 2.75) is 71.7 Å². The Balaban J connectivity index is 3.17. The lowest BCUT2D eigenvalue weighted by Gasteiger charge is -2.39. The first-order chi connectivity index (χ1) is 11.3. The van der Waals surface area contributed by atoms with E-state index in [1.807, 2.05) is 6.92 Å². The quantitative estimate of drug-likeness (QED) is 0.247. The van der Waals surface area contributed by atoms with Gasteiger partial charge in [-0.15, -0.1) is 0 Å². The van der Waals surface area contributed by atoms with Gasteiger partial charge in [0.2, 0.25) is 0 Å². The SMILES string of the molecule is C=C(C)C(=O)OC(CC1CO1)(OC(=O)C(=C)C)C(CC)CCCC. The van der Waals surface area contributed by atoms with Crippen molar-refractivity contribution in [2.24, 2.45) is 5.92 Å². The number of unbranched alkanes of at least 4 members (excludes halogenated alkanes) is 1. The van der Waals surface area contributed by atoms with E-state index in [9.17, 15) is 9.59 Å². The molecule has 0 N–H and O–H groups in total. The van der Waals surface area contributed by atoms with Gasteiger partial charge in [0.05, 0.1) is 19.1 Å². The van der Waals surface area contributed by atoms with E-state index in [2.05, 4.69) is 20.1 Å². The van der Waals surface area contributed by atoms with Crippen LogP contribution in [0.3, 0.4) is 0 Å². The van der Waals surface area contributed by atoms with Crippen molar-refractivity contribution >= 4 is 11.9 Å². The van der Waals surface area contributed by atoms with E-state index in [1.165, 1.54) is 0 Å². The van der Waals surface area contributed by atoms with Crippen LogP contribution in [0.5, 0.6) is 0 Å². The molecule has 136 valence electrons. The number of hydrogen-bond donors (Lipinski definition) is 0. The van der Waals surface area contributed by atoms with Gasteiger partial charge < -0.3 is 14.2 Å². The minimum Gasteiger partial charge on any atom is -0.419 e. The number of rotatable bonds is 11. The van der Waals surface area contributed by atoms with Gasteiger partial charge in [0.25, 0.3) is 5.79 Å². The third-order valence-corrected chi connectivity index (χ3v) is 4.16. The van der Waals surface area contributed by atoms with Gasteiger partial charge in [-0.1, -0.05) is 39.8 Å². The van der Waals surface area contributed by atoms with E-state index in [0.717, 1.165) is 25.7 Å². The van der Waals surface area contributed by atoms with Gasteiger partial charge in [-0.05, 0) is 26.7 Å². The minimum absolute atomic E-state index is 0.0588. The summed E-state index contributed by atoms with van der Waals surface area (Å²) < 4.78 is 16.8. The molecule has 0 spiro atoms. The fourth-order valence-electron chi connectivity index (χ4n) is 2.61. The highest BCUT2D eigenvalue weighted by Gasteiger charge is 2.49. The van der Waals surface area contributed by atoms with Crippen molar-refractivity contribution in [3.05, 3.63) is 24.3 Å². The summed E-state index contributed by atoms with van der Waals surface area (Å²) in [5, 5.41) is 0. The Morgan fingerprint density at radius 2 is 1.67 bits per heavy atom. The molecule has 0 amide bonds. The summed E-state index contributed by atoms with van der Waals surface area (Å²) in [5.41, 5.74) is 0.542. The molecule has 0 aromatic carbocycles. The average molecular weight is 338 g/mol. The van der Waals surface area contributed by atoms with Gasteiger partial charge in [-0.25, -0.2) is 9.59 Å². The van der Waals surface area contributed by atoms with Gasteiger partial charge in [-0.3, -0.25) is 0 Å². The maximum absolute atomic E-state index is 12.2. The first-order valence-electron chi connectivity index (χ1n) is 8.65. The molecule has 0 saturated carbocycles. The summed E-state index contributed by atoms with van der Waals surface area (Å²) in [6.07, 6.45) is 3.77. The van der Waals surface area contributed by atoms with Gasteiger partial charge >= 0.3 is 11.9 Å². The molecule has 2 unspecified atom stereocenters. The zero-order valence-corrected chi connectivity index (χ0v) is 15.4. The molecule has 0 aliphatic carbocycles. The maximum atomic E-state index is 12.2. The lowest BCUT2D eigenvalue weighted by molar-refractivity contribution is -0.249. The van der Waals surface area contributed by atoms with Crippen LogP contribution in [0.1, 0.15) is 59.8 Å². The molecule has 1 saturated heterocycles. The van der Waals surface area contributed by atoms with E-state index < -0.39 is 17.7 Å². The highest BCUT2D eigenvalue weighted by atomic mass is 16.7. The Morgan fingerprint density at radius 1 is 1.17 bits per heavy atom. The number of epoxide rings is 1. The summed E-state index contributed by atoms with van der Waals surface area (Å²) in [5.74, 6) is -2.55. The molecule has 0 aromatic heterocycles. The molecule has 0 radical (unpaired) electrons. The van der Waals surface area contributed by atoms with Crippen LogP contribution in [0.15, 0.2) is 24.3 Å². The summed E-state index contributed by atoms with van der Waals surface area (Å²) >= 11 is 0. The zero-order valence-electron chi connectivity index (χ0n) is 15.4. The van der Waals surface area contributed by atoms with Crippen molar-refractivity contribution in [1.29, 1.82) is 0 Å². The molecule has 1 aliphatic heterocycles. The van der Waals surface area contributed by atoms with Crippen molar-refractivity contribution in [3.63, 3.8) is 0 Å². The van der Waals surface area contributed by atoms with Crippen LogP contribution in [-0.4, -0.2) is 30.4 Å². The average Bonchev–Trinajstić information content (AvgIpc) is 3.31. The van der Waals surface area contributed by atoms with E-state index in [4.69, 9.17) is 14.2 Å². The van der Waals surface area contributed by atoms with Gasteiger partial charge in [0.15, 0.2) is 0 Å². The fourth-order valence-corrected chi connectivity index (χ4v) is 2.61. The summed E-state index contributed by atoms with van der Waals surface area (Å²) in [7, 11) is 0. The first kappa shape index (κ1) is 20.4. The summed E-state index contributed by atoms with van der Waals surface area (Å²) in [6.45, 7) is 15.1. The van der Waals surface area contributed by atoms with Crippen LogP contribution in [0, 0.1) is 5.92 Å². The van der Waals surface area contributed by atoms with Gasteiger partial charge in [0.1, 0.15) is 0 Å². The maximum Gasteiger partial charge on any atom is 0.336 e. The van der Waals surface area contributed by atoms with E-state index in [0.29, 0.717) is 13.0 Å². The van der Waals surface area contributed by atoms with Crippen LogP contribution in [-0.2, 0) is 23.8 Å². The van der Waals surface area contributed by atoms with Crippen LogP contribution in [0.2, 0.25) is 0 Å². The second kappa shape index (κ2) is 9.02. The normalized spacial score (nSPS) is 17.8. The lowest BCUT2D eigenvalue weighted by Crippen LogP contribution is -2.48. The standard InChI is InChI=1S/C19H30O5/c1-7-9-10-15(8-2)19(11-16-12-22-16,23-17(20)13(3)4)24-18(21)14(5)6/h15-16H,3,5,7-12H2,1-2,4,6H3. The summed E-state index contributed by atoms with van der Waals surface area (Å²) in [4.78, 5) is 24.5. The number of ether oxygens (including phenoxy) is 3. The molecular formula is C19H30O5. The zero-order chi connectivity index (χ0) is 18.3. The van der Waals surface area contributed by atoms with E-state index in [-0.39, 0.29) is 23.2 Å². The molecular weight excluding hydrogens is 308 g/mol. The Kier molecular flexibility index (Phi) is 7.67. The largest absolute Gasteiger partial charge is 0.419 e. The Hall–Kier alpha value is -1.62. The Bertz CT molecular complexity index is 462. The molecule has 1 fully saturated rings. The molecule has 0 aromatic rings. The molecule has 0 bridgehead atoms. The monoisotopic (exact) mass is 338 g/mol. The summed E-state index contributed by atoms with van der Waals surface area (Å²) in [6, 6.07) is 0. The first-order valence-corrected chi connectivity index (χ1v) is 8.65. The van der Waals surface area contributed by atoms with Crippen molar-refractivity contribution in [1.82, 2.24) is 0 Å². The number of carbonyl (C=O) groups excluding carboxylic acids is 2. The minimum atomic E-state index is -1.34. The van der Waals surface area contributed by atoms with Crippen LogP contribution in [0.4, 0.5) is 0 Å². The van der Waals surface area contributed by atoms with E-state index in [1.54, 1.807) is 13.8 Å². The fraction of sp³-hybridized carbons (Fsp3) is 0.684. The van der Waals surface area contributed by atoms with Crippen LogP contribution in [0.25, 0.3) is 0 Å². The number of esters is 2. The molecule has 1 rings (SSSR count). The highest BCUT2D eigenvalue weighted by molar-refractivity contribution is 5.89. The predicted molar refractivity (Wildman–Crippen MR) is 92.2 cm³/mol. The third-order valence-electron chi connectivity index (χ3n) is 4.16. The topological polar surface area (TPSA) is 65.1 Å². The van der Waals surface area contributed by atoms with Gasteiger partial charge in [0, 0.05) is 17.1 Å². The molecule has 1 aliphatic rings. The van der Waals surface area contributed by atoms with Crippen molar-refractivity contribution in [2.75, 3.05) is 6.61 Å². The third kappa shape index (κ3) is 5.78. The smallest absolute Gasteiger partial charge is 0.336 e. The highest BCUT2D eigenvalue weighted by Crippen LogP contribution is 2.39. The van der Waals surface area contributed by atoms with Crippen LogP contribution >= 0.6 is 0 Å². The Morgan fingerprint density at radius 3 is 2.00 bits per heavy atom. The second-order valence-corrected chi connectivity index (χ2v) is 6.56. The van der Waals surface area contributed by atoms with Gasteiger partial charge in [-0.2, -0.15) is 0 Å². The molecule has 2 atom stereocenters. The van der Waals surface area contributed by atoms with E-state index >= 15 is 0 Å². The second-order valence-electron chi connectivity index (χ2n) is 6.56. The molecule has 1 heterocycles. The predicted octanol–water partition coefficient (Wildman–Crippen LogP) is 3.93. The number of carbonyl (C=O) groups is 2. The number of hydrogen-bond acceptors (Lipinski definition) is 5. The Labute approximate surface area is 145 Å². The molecule has 5 nitrogen and oxygen atoms in total. The molecule has 24 heavy (non-hydrogen) atoms. The molecule has 5 heteroatoms. The lowest BCUT2D eigenvalue weighted by atomic mass is 9.86. The van der Waals surface area contributed by atoms with Crippen molar-refractivity contribution in [3.8, 4) is 0 Å².